The molecular formula is C17H13ClN2O5. The van der Waals surface area contributed by atoms with Crippen LogP contribution in [0.4, 0.5) is 5.69 Å². The van der Waals surface area contributed by atoms with Crippen LogP contribution < -0.4 is 20.3 Å². The minimum atomic E-state index is -0.650. The molecule has 0 spiro atoms. The van der Waals surface area contributed by atoms with E-state index in [0.29, 0.717) is 47.7 Å². The number of anilines is 1. The van der Waals surface area contributed by atoms with Crippen LogP contribution in [0.5, 0.6) is 11.5 Å². The number of rotatable bonds is 2. The number of carbonyl (C=O) groups excluding carboxylic acids is 2. The Morgan fingerprint density at radius 2 is 1.88 bits per heavy atom. The van der Waals surface area contributed by atoms with Crippen molar-refractivity contribution in [1.29, 1.82) is 0 Å². The molecule has 0 fully saturated rings. The fourth-order valence-corrected chi connectivity index (χ4v) is 3.15. The highest BCUT2D eigenvalue weighted by atomic mass is 35.5. The van der Waals surface area contributed by atoms with Gasteiger partial charge >= 0.3 is 0 Å². The van der Waals surface area contributed by atoms with Crippen LogP contribution in [0.2, 0.25) is 5.02 Å². The Labute approximate surface area is 146 Å². The highest BCUT2D eigenvalue weighted by Crippen LogP contribution is 2.39. The summed E-state index contributed by atoms with van der Waals surface area (Å²) in [6.07, 6.45) is 1.72. The van der Waals surface area contributed by atoms with Gasteiger partial charge in [-0.05, 0) is 18.9 Å². The van der Waals surface area contributed by atoms with Crippen molar-refractivity contribution in [2.24, 2.45) is 0 Å². The van der Waals surface area contributed by atoms with Crippen molar-refractivity contribution < 1.29 is 19.1 Å². The van der Waals surface area contributed by atoms with Crippen molar-refractivity contribution in [3.8, 4) is 11.5 Å². The normalized spacial score (nSPS) is 15.0. The zero-order chi connectivity index (χ0) is 17.6. The van der Waals surface area contributed by atoms with Crippen LogP contribution in [-0.4, -0.2) is 23.5 Å². The highest BCUT2D eigenvalue weighted by molar-refractivity contribution is 6.34. The largest absolute Gasteiger partial charge is 0.454 e. The predicted molar refractivity (Wildman–Crippen MR) is 89.9 cm³/mol. The molecule has 2 aromatic rings. The van der Waals surface area contributed by atoms with Crippen LogP contribution >= 0.6 is 11.6 Å². The predicted octanol–water partition coefficient (Wildman–Crippen LogP) is 2.53. The second-order valence-electron chi connectivity index (χ2n) is 5.82. The third-order valence-corrected chi connectivity index (χ3v) is 4.52. The molecule has 0 radical (unpaired) electrons. The van der Waals surface area contributed by atoms with E-state index in [1.807, 2.05) is 0 Å². The number of pyridine rings is 1. The number of aromatic amines is 1. The minimum Gasteiger partial charge on any atom is -0.454 e. The van der Waals surface area contributed by atoms with Crippen LogP contribution in [0.1, 0.15) is 39.3 Å². The van der Waals surface area contributed by atoms with Crippen LogP contribution in [0.25, 0.3) is 0 Å². The molecule has 0 saturated carbocycles. The topological polar surface area (TPSA) is 97.5 Å². The second-order valence-corrected chi connectivity index (χ2v) is 6.23. The number of H-pyrrole nitrogens is 1. The number of hydrogen-bond donors (Lipinski definition) is 2. The van der Waals surface area contributed by atoms with Gasteiger partial charge in [0.15, 0.2) is 17.3 Å². The number of ether oxygens (including phenoxy) is 2. The first-order valence-electron chi connectivity index (χ1n) is 7.73. The number of nitrogens with one attached hydrogen (secondary N) is 2. The lowest BCUT2D eigenvalue weighted by Gasteiger charge is -2.15. The number of aromatic nitrogens is 1. The highest BCUT2D eigenvalue weighted by Gasteiger charge is 2.23. The van der Waals surface area contributed by atoms with Gasteiger partial charge in [-0.15, -0.1) is 0 Å². The lowest BCUT2D eigenvalue weighted by atomic mass is 9.93. The summed E-state index contributed by atoms with van der Waals surface area (Å²) in [5, 5.41) is 2.83. The van der Waals surface area contributed by atoms with Crippen molar-refractivity contribution in [2.45, 2.75) is 19.3 Å². The van der Waals surface area contributed by atoms with Gasteiger partial charge in [0.2, 0.25) is 6.79 Å². The Balaban J connectivity index is 1.67. The van der Waals surface area contributed by atoms with E-state index in [-0.39, 0.29) is 23.2 Å². The molecular weight excluding hydrogens is 348 g/mol. The van der Waals surface area contributed by atoms with E-state index in [4.69, 9.17) is 21.1 Å². The molecule has 1 aliphatic carbocycles. The monoisotopic (exact) mass is 360 g/mol. The summed E-state index contributed by atoms with van der Waals surface area (Å²) in [4.78, 5) is 39.3. The first kappa shape index (κ1) is 15.7. The van der Waals surface area contributed by atoms with Crippen molar-refractivity contribution in [3.63, 3.8) is 0 Å². The van der Waals surface area contributed by atoms with E-state index in [0.717, 1.165) is 0 Å². The Morgan fingerprint density at radius 1 is 1.12 bits per heavy atom. The fourth-order valence-electron chi connectivity index (χ4n) is 2.95. The standard InChI is InChI=1S/C17H13ClN2O5/c18-10-5-14-15(25-7-24-14)6-12(10)20-17(23)9-4-8-11(19-16(9)22)2-1-3-13(8)21/h4-6H,1-3,7H2,(H,19,22)(H,20,23). The van der Waals surface area contributed by atoms with Crippen molar-refractivity contribution in [2.75, 3.05) is 12.1 Å². The Hall–Kier alpha value is -2.80. The molecule has 2 N–H and O–H groups in total. The molecule has 7 nitrogen and oxygen atoms in total. The molecule has 1 aromatic carbocycles. The van der Waals surface area contributed by atoms with Crippen molar-refractivity contribution >= 4 is 29.0 Å². The number of hydrogen-bond acceptors (Lipinski definition) is 5. The number of aryl methyl sites for hydroxylation is 1. The number of benzene rings is 1. The maximum Gasteiger partial charge on any atom is 0.261 e. The third-order valence-electron chi connectivity index (χ3n) is 4.21. The molecule has 4 rings (SSSR count). The van der Waals surface area contributed by atoms with Gasteiger partial charge in [-0.2, -0.15) is 0 Å². The summed E-state index contributed by atoms with van der Waals surface area (Å²) in [6.45, 7) is 0.0790. The molecule has 0 bridgehead atoms. The lowest BCUT2D eigenvalue weighted by molar-refractivity contribution is 0.0971. The summed E-state index contributed by atoms with van der Waals surface area (Å²) < 4.78 is 10.5. The van der Waals surface area contributed by atoms with Crippen LogP contribution in [-0.2, 0) is 6.42 Å². The summed E-state index contributed by atoms with van der Waals surface area (Å²) in [5.41, 5.74) is 0.594. The van der Waals surface area contributed by atoms with E-state index in [9.17, 15) is 14.4 Å². The van der Waals surface area contributed by atoms with Gasteiger partial charge in [-0.25, -0.2) is 0 Å². The van der Waals surface area contributed by atoms with Crippen molar-refractivity contribution in [1.82, 2.24) is 4.98 Å². The van der Waals surface area contributed by atoms with Gasteiger partial charge in [-0.3, -0.25) is 14.4 Å². The molecule has 128 valence electrons. The Bertz CT molecular complexity index is 966. The average molecular weight is 361 g/mol. The number of carbonyl (C=O) groups is 2. The SMILES string of the molecule is O=C1CCCc2[nH]c(=O)c(C(=O)Nc3cc4c(cc3Cl)OCO4)cc21. The number of ketones is 1. The molecule has 1 aliphatic heterocycles. The summed E-state index contributed by atoms with van der Waals surface area (Å²) in [6, 6.07) is 4.41. The van der Waals surface area contributed by atoms with Crippen LogP contribution in [0, 0.1) is 0 Å². The van der Waals surface area contributed by atoms with E-state index in [1.165, 1.54) is 18.2 Å². The van der Waals surface area contributed by atoms with Gasteiger partial charge in [0.25, 0.3) is 11.5 Å². The van der Waals surface area contributed by atoms with Gasteiger partial charge in [0.1, 0.15) is 5.56 Å². The quantitative estimate of drug-likeness (QED) is 0.857. The first-order valence-corrected chi connectivity index (χ1v) is 8.10. The number of amides is 1. The number of fused-ring (bicyclic) bond motifs is 2. The summed E-state index contributed by atoms with van der Waals surface area (Å²) in [7, 11) is 0. The zero-order valence-corrected chi connectivity index (χ0v) is 13.7. The number of halogens is 1. The second kappa shape index (κ2) is 5.93. The maximum absolute atomic E-state index is 12.5. The smallest absolute Gasteiger partial charge is 0.261 e. The van der Waals surface area contributed by atoms with Crippen molar-refractivity contribution in [3.05, 3.63) is 50.4 Å². The lowest BCUT2D eigenvalue weighted by Crippen LogP contribution is -2.27. The van der Waals surface area contributed by atoms with Crippen LogP contribution in [0.15, 0.2) is 23.0 Å². The molecule has 1 aromatic heterocycles. The first-order chi connectivity index (χ1) is 12.0. The minimum absolute atomic E-state index is 0.0762. The van der Waals surface area contributed by atoms with Gasteiger partial charge in [0, 0.05) is 29.8 Å². The summed E-state index contributed by atoms with van der Waals surface area (Å²) in [5.74, 6) is 0.213. The van der Waals surface area contributed by atoms with E-state index in [1.54, 1.807) is 0 Å². The number of Topliss-reactive ketones (excluding diaryl/α,β-unsaturated/α-hetero) is 1. The maximum atomic E-state index is 12.5. The van der Waals surface area contributed by atoms with Crippen LogP contribution in [0.3, 0.4) is 0 Å². The molecule has 0 atom stereocenters. The fraction of sp³-hybridized carbons (Fsp3) is 0.235. The van der Waals surface area contributed by atoms with E-state index in [2.05, 4.69) is 10.3 Å². The molecule has 0 unspecified atom stereocenters. The van der Waals surface area contributed by atoms with Gasteiger partial charge in [0.05, 0.1) is 10.7 Å². The van der Waals surface area contributed by atoms with Gasteiger partial charge in [-0.1, -0.05) is 11.6 Å². The van der Waals surface area contributed by atoms with E-state index >= 15 is 0 Å². The van der Waals surface area contributed by atoms with E-state index < -0.39 is 11.5 Å². The molecule has 1 amide bonds. The Kier molecular flexibility index (Phi) is 3.73. The molecule has 8 heteroatoms. The molecule has 2 heterocycles. The zero-order valence-electron chi connectivity index (χ0n) is 13.0. The molecule has 2 aliphatic rings. The third kappa shape index (κ3) is 2.76. The molecule has 0 saturated heterocycles. The Morgan fingerprint density at radius 3 is 2.68 bits per heavy atom. The van der Waals surface area contributed by atoms with Gasteiger partial charge < -0.3 is 19.8 Å². The average Bonchev–Trinajstić information content (AvgIpc) is 3.02. The summed E-state index contributed by atoms with van der Waals surface area (Å²) >= 11 is 6.13. The molecule has 25 heavy (non-hydrogen) atoms.